The number of ether oxygens (including phenoxy) is 1. The molecule has 2 heterocycles. The maximum Gasteiger partial charge on any atom is 0.459 e. The number of amides is 1. The van der Waals surface area contributed by atoms with Crippen LogP contribution in [-0.4, -0.2) is 42.4 Å². The largest absolute Gasteiger partial charge is 0.486 e. The molecule has 0 saturated heterocycles. The number of rotatable bonds is 5. The number of aromatic amines is 1. The number of sulfonamides is 1. The molecular weight excluding hydrogens is 485 g/mol. The summed E-state index contributed by atoms with van der Waals surface area (Å²) >= 11 is 0. The van der Waals surface area contributed by atoms with Crippen LogP contribution in [0.15, 0.2) is 56.7 Å². The van der Waals surface area contributed by atoms with E-state index in [1.54, 1.807) is 0 Å². The summed E-state index contributed by atoms with van der Waals surface area (Å²) in [5.74, 6) is -0.809. The molecule has 0 spiro atoms. The van der Waals surface area contributed by atoms with Crippen molar-refractivity contribution in [3.63, 3.8) is 0 Å². The van der Waals surface area contributed by atoms with Crippen molar-refractivity contribution < 1.29 is 40.8 Å². The number of benzene rings is 2. The summed E-state index contributed by atoms with van der Waals surface area (Å²) in [5, 5.41) is 13.3. The molecule has 1 amide bonds. The SMILES string of the molecule is O=C(O)Nc1ccc2c(c1)N(S(=O)(=O)c1cccc(C(F)(F)F)c1)CC(Cc1nc(=O)o[nH]1)O2. The average Bonchev–Trinajstić information content (AvgIpc) is 3.17. The van der Waals surface area contributed by atoms with Gasteiger partial charge in [-0.25, -0.2) is 23.2 Å². The first-order chi connectivity index (χ1) is 15.9. The standard InChI is InChI=1S/C19H15F3N4O7S/c20-19(21,22)10-2-1-3-13(6-10)34(30,31)26-9-12(8-16-24-18(29)33-25-16)32-15-5-4-11(7-14(15)26)23-17(27)28/h1-7,12,23H,8-9H2,(H,27,28)(H,24,25,29). The number of hydrogen-bond acceptors (Lipinski definition) is 7. The lowest BCUT2D eigenvalue weighted by molar-refractivity contribution is -0.137. The van der Waals surface area contributed by atoms with Gasteiger partial charge in [-0.2, -0.15) is 18.2 Å². The first kappa shape index (κ1) is 23.2. The molecule has 0 radical (unpaired) electrons. The summed E-state index contributed by atoms with van der Waals surface area (Å²) in [4.78, 5) is 25.1. The monoisotopic (exact) mass is 500 g/mol. The van der Waals surface area contributed by atoms with E-state index in [1.165, 1.54) is 18.2 Å². The lowest BCUT2D eigenvalue weighted by Crippen LogP contribution is -2.44. The predicted molar refractivity (Wildman–Crippen MR) is 109 cm³/mol. The number of fused-ring (bicyclic) bond motifs is 1. The van der Waals surface area contributed by atoms with Crippen LogP contribution in [0.4, 0.5) is 29.3 Å². The van der Waals surface area contributed by atoms with Gasteiger partial charge in [0, 0.05) is 12.1 Å². The summed E-state index contributed by atoms with van der Waals surface area (Å²) in [6.07, 6.45) is -7.17. The summed E-state index contributed by atoms with van der Waals surface area (Å²) in [6, 6.07) is 7.05. The van der Waals surface area contributed by atoms with Gasteiger partial charge in [-0.1, -0.05) is 6.07 Å². The molecule has 11 nitrogen and oxygen atoms in total. The van der Waals surface area contributed by atoms with Gasteiger partial charge in [0.05, 0.1) is 22.7 Å². The minimum Gasteiger partial charge on any atom is -0.486 e. The van der Waals surface area contributed by atoms with Crippen LogP contribution in [0.1, 0.15) is 11.4 Å². The van der Waals surface area contributed by atoms with Crippen LogP contribution in [0.25, 0.3) is 0 Å². The fourth-order valence-corrected chi connectivity index (χ4v) is 4.91. The summed E-state index contributed by atoms with van der Waals surface area (Å²) in [7, 11) is -4.56. The fraction of sp³-hybridized carbons (Fsp3) is 0.211. The van der Waals surface area contributed by atoms with E-state index in [0.29, 0.717) is 6.07 Å². The fourth-order valence-electron chi connectivity index (χ4n) is 3.37. The van der Waals surface area contributed by atoms with Crippen molar-refractivity contribution in [2.45, 2.75) is 23.6 Å². The molecule has 3 N–H and O–H groups in total. The highest BCUT2D eigenvalue weighted by Gasteiger charge is 2.37. The van der Waals surface area contributed by atoms with Crippen LogP contribution in [0.2, 0.25) is 0 Å². The van der Waals surface area contributed by atoms with E-state index in [2.05, 4.69) is 20.0 Å². The van der Waals surface area contributed by atoms with Gasteiger partial charge >= 0.3 is 18.0 Å². The van der Waals surface area contributed by atoms with Crippen LogP contribution < -0.4 is 20.1 Å². The summed E-state index contributed by atoms with van der Waals surface area (Å²) in [5.41, 5.74) is -1.23. The molecule has 1 aliphatic heterocycles. The van der Waals surface area contributed by atoms with Gasteiger partial charge in [-0.3, -0.25) is 9.62 Å². The average molecular weight is 500 g/mol. The predicted octanol–water partition coefficient (Wildman–Crippen LogP) is 2.67. The Kier molecular flexibility index (Phi) is 5.72. The highest BCUT2D eigenvalue weighted by atomic mass is 32.2. The smallest absolute Gasteiger partial charge is 0.459 e. The second-order valence-corrected chi connectivity index (χ2v) is 9.01. The molecule has 1 atom stereocenters. The van der Waals surface area contributed by atoms with E-state index >= 15 is 0 Å². The lowest BCUT2D eigenvalue weighted by atomic mass is 10.1. The Labute approximate surface area is 188 Å². The minimum atomic E-state index is -4.77. The number of carboxylic acid groups (broad SMARTS) is 1. The Morgan fingerprint density at radius 1 is 1.26 bits per heavy atom. The van der Waals surface area contributed by atoms with Gasteiger partial charge in [0.25, 0.3) is 10.0 Å². The van der Waals surface area contributed by atoms with Crippen LogP contribution in [-0.2, 0) is 22.6 Å². The van der Waals surface area contributed by atoms with Crippen molar-refractivity contribution in [2.75, 3.05) is 16.2 Å². The van der Waals surface area contributed by atoms with Crippen molar-refractivity contribution in [1.29, 1.82) is 0 Å². The molecule has 2 aromatic carbocycles. The van der Waals surface area contributed by atoms with Crippen molar-refractivity contribution in [1.82, 2.24) is 10.1 Å². The van der Waals surface area contributed by atoms with Crippen molar-refractivity contribution in [3.05, 3.63) is 64.4 Å². The Hall–Kier alpha value is -4.01. The van der Waals surface area contributed by atoms with E-state index in [4.69, 9.17) is 9.84 Å². The van der Waals surface area contributed by atoms with E-state index in [0.717, 1.165) is 22.5 Å². The molecule has 0 aliphatic carbocycles. The van der Waals surface area contributed by atoms with Gasteiger partial charge < -0.3 is 14.4 Å². The molecule has 15 heteroatoms. The highest BCUT2D eigenvalue weighted by molar-refractivity contribution is 7.92. The van der Waals surface area contributed by atoms with Crippen molar-refractivity contribution in [3.8, 4) is 5.75 Å². The highest BCUT2D eigenvalue weighted by Crippen LogP contribution is 2.40. The number of alkyl halides is 3. The number of halogens is 3. The molecule has 0 saturated carbocycles. The Balaban J connectivity index is 1.78. The Morgan fingerprint density at radius 3 is 2.68 bits per heavy atom. The molecule has 0 fully saturated rings. The number of anilines is 2. The van der Waals surface area contributed by atoms with Crippen LogP contribution in [0.5, 0.6) is 5.75 Å². The third kappa shape index (κ3) is 4.68. The normalized spacial score (nSPS) is 16.0. The number of hydrogen-bond donors (Lipinski definition) is 3. The van der Waals surface area contributed by atoms with Gasteiger partial charge in [0.15, 0.2) is 0 Å². The number of nitrogens with one attached hydrogen (secondary N) is 2. The Morgan fingerprint density at radius 2 is 2.03 bits per heavy atom. The maximum absolute atomic E-state index is 13.4. The van der Waals surface area contributed by atoms with E-state index < -0.39 is 44.6 Å². The molecule has 3 aromatic rings. The van der Waals surface area contributed by atoms with Gasteiger partial charge in [-0.05, 0) is 36.4 Å². The first-order valence-electron chi connectivity index (χ1n) is 9.48. The van der Waals surface area contributed by atoms with Crippen molar-refractivity contribution >= 4 is 27.5 Å². The number of aromatic nitrogens is 2. The molecule has 4 rings (SSSR count). The third-order valence-electron chi connectivity index (χ3n) is 4.79. The first-order valence-corrected chi connectivity index (χ1v) is 10.9. The molecule has 180 valence electrons. The molecular formula is C19H15F3N4O7S. The maximum atomic E-state index is 13.4. The quantitative estimate of drug-likeness (QED) is 0.483. The minimum absolute atomic E-state index is 0.0124. The summed E-state index contributed by atoms with van der Waals surface area (Å²) < 4.78 is 77.5. The lowest BCUT2D eigenvalue weighted by Gasteiger charge is -2.35. The zero-order valence-corrected chi connectivity index (χ0v) is 17.7. The number of nitrogens with zero attached hydrogens (tertiary/aromatic N) is 2. The van der Waals surface area contributed by atoms with Gasteiger partial charge in [0.1, 0.15) is 17.7 Å². The van der Waals surface area contributed by atoms with Crippen molar-refractivity contribution in [2.24, 2.45) is 0 Å². The molecule has 1 unspecified atom stereocenters. The number of H-pyrrole nitrogens is 1. The molecule has 1 aromatic heterocycles. The molecule has 34 heavy (non-hydrogen) atoms. The van der Waals surface area contributed by atoms with E-state index in [9.17, 15) is 31.2 Å². The second kappa shape index (κ2) is 8.40. The second-order valence-electron chi connectivity index (χ2n) is 7.15. The zero-order valence-electron chi connectivity index (χ0n) is 16.9. The Bertz CT molecular complexity index is 1400. The van der Waals surface area contributed by atoms with Gasteiger partial charge in [0.2, 0.25) is 0 Å². The van der Waals surface area contributed by atoms with Gasteiger partial charge in [-0.15, -0.1) is 0 Å². The van der Waals surface area contributed by atoms with Crippen LogP contribution >= 0.6 is 0 Å². The van der Waals surface area contributed by atoms with E-state index in [1.807, 2.05) is 0 Å². The van der Waals surface area contributed by atoms with Crippen LogP contribution in [0, 0.1) is 0 Å². The number of carbonyl (C=O) groups is 1. The zero-order chi connectivity index (χ0) is 24.7. The third-order valence-corrected chi connectivity index (χ3v) is 6.57. The molecule has 1 aliphatic rings. The van der Waals surface area contributed by atoms with Crippen LogP contribution in [0.3, 0.4) is 0 Å². The summed E-state index contributed by atoms with van der Waals surface area (Å²) in [6.45, 7) is -0.378. The topological polar surface area (TPSA) is 155 Å². The van der Waals surface area contributed by atoms with E-state index in [-0.39, 0.29) is 35.9 Å². The molecule has 0 bridgehead atoms.